The number of carbonyl (C=O) groups is 1. The summed E-state index contributed by atoms with van der Waals surface area (Å²) in [4.78, 5) is 11.8. The van der Waals surface area contributed by atoms with Crippen LogP contribution >= 0.6 is 0 Å². The third-order valence-corrected chi connectivity index (χ3v) is 4.12. The first kappa shape index (κ1) is 12.7. The van der Waals surface area contributed by atoms with Crippen molar-refractivity contribution in [3.05, 3.63) is 0 Å². The highest BCUT2D eigenvalue weighted by molar-refractivity contribution is 5.78. The zero-order valence-corrected chi connectivity index (χ0v) is 9.98. The van der Waals surface area contributed by atoms with Crippen molar-refractivity contribution >= 4 is 5.91 Å². The van der Waals surface area contributed by atoms with E-state index in [9.17, 15) is 13.6 Å². The molecule has 2 rings (SSSR count). The van der Waals surface area contributed by atoms with Crippen molar-refractivity contribution in [3.8, 4) is 0 Å². The molecule has 2 saturated carbocycles. The predicted molar refractivity (Wildman–Crippen MR) is 60.6 cm³/mol. The molecule has 0 bridgehead atoms. The van der Waals surface area contributed by atoms with Gasteiger partial charge in [0.1, 0.15) is 0 Å². The Bertz CT molecular complexity index is 293. The van der Waals surface area contributed by atoms with Crippen LogP contribution in [0.25, 0.3) is 0 Å². The van der Waals surface area contributed by atoms with Crippen LogP contribution in [0, 0.1) is 11.3 Å². The fourth-order valence-electron chi connectivity index (χ4n) is 2.35. The number of amides is 1. The zero-order valence-electron chi connectivity index (χ0n) is 9.98. The maximum atomic E-state index is 12.9. The van der Waals surface area contributed by atoms with Crippen LogP contribution in [-0.2, 0) is 4.79 Å². The minimum atomic E-state index is -2.56. The summed E-state index contributed by atoms with van der Waals surface area (Å²) in [5.74, 6) is -2.87. The van der Waals surface area contributed by atoms with Crippen molar-refractivity contribution in [2.45, 2.75) is 44.4 Å². The lowest BCUT2D eigenvalue weighted by atomic mass is 9.86. The number of alkyl halides is 2. The van der Waals surface area contributed by atoms with E-state index in [1.165, 1.54) is 0 Å². The average Bonchev–Trinajstić information content (AvgIpc) is 3.06. The Hall–Kier alpha value is -0.710. The van der Waals surface area contributed by atoms with Crippen LogP contribution in [0.1, 0.15) is 38.5 Å². The summed E-state index contributed by atoms with van der Waals surface area (Å²) >= 11 is 0. The Morgan fingerprint density at radius 1 is 1.24 bits per heavy atom. The minimum absolute atomic E-state index is 0.0692. The van der Waals surface area contributed by atoms with E-state index in [0.29, 0.717) is 25.9 Å². The first-order chi connectivity index (χ1) is 7.96. The lowest BCUT2D eigenvalue weighted by Crippen LogP contribution is -2.39. The molecule has 5 heteroatoms. The number of hydrogen-bond donors (Lipinski definition) is 2. The second-order valence-electron chi connectivity index (χ2n) is 5.55. The lowest BCUT2D eigenvalue weighted by Gasteiger charge is -2.27. The minimum Gasteiger partial charge on any atom is -0.355 e. The first-order valence-electron chi connectivity index (χ1n) is 6.32. The maximum Gasteiger partial charge on any atom is 0.248 e. The first-order valence-corrected chi connectivity index (χ1v) is 6.32. The average molecular weight is 246 g/mol. The highest BCUT2D eigenvalue weighted by Gasteiger charge is 2.42. The monoisotopic (exact) mass is 246 g/mol. The molecule has 2 aliphatic carbocycles. The fourth-order valence-corrected chi connectivity index (χ4v) is 2.35. The standard InChI is InChI=1S/C12H20F2N2O/c13-12(14)3-1-9(2-4-12)10(17)16-8-11(7-15)5-6-11/h9H,1-8,15H2,(H,16,17). The molecule has 98 valence electrons. The van der Waals surface area contributed by atoms with E-state index < -0.39 is 5.92 Å². The van der Waals surface area contributed by atoms with Gasteiger partial charge in [0.15, 0.2) is 0 Å². The van der Waals surface area contributed by atoms with Crippen LogP contribution in [0.5, 0.6) is 0 Å². The van der Waals surface area contributed by atoms with E-state index in [1.54, 1.807) is 0 Å². The maximum absolute atomic E-state index is 12.9. The van der Waals surface area contributed by atoms with Gasteiger partial charge in [0.2, 0.25) is 11.8 Å². The molecule has 1 amide bonds. The normalized spacial score (nSPS) is 26.5. The number of halogens is 2. The fraction of sp³-hybridized carbons (Fsp3) is 0.917. The summed E-state index contributed by atoms with van der Waals surface area (Å²) in [7, 11) is 0. The highest BCUT2D eigenvalue weighted by atomic mass is 19.3. The van der Waals surface area contributed by atoms with E-state index in [0.717, 1.165) is 12.8 Å². The van der Waals surface area contributed by atoms with Crippen molar-refractivity contribution in [2.24, 2.45) is 17.1 Å². The topological polar surface area (TPSA) is 55.1 Å². The molecule has 0 aromatic rings. The molecule has 3 nitrogen and oxygen atoms in total. The summed E-state index contributed by atoms with van der Waals surface area (Å²) in [6, 6.07) is 0. The molecular formula is C12H20F2N2O. The summed E-state index contributed by atoms with van der Waals surface area (Å²) in [5.41, 5.74) is 5.72. The van der Waals surface area contributed by atoms with Gasteiger partial charge >= 0.3 is 0 Å². The van der Waals surface area contributed by atoms with Gasteiger partial charge in [-0.2, -0.15) is 0 Å². The molecular weight excluding hydrogens is 226 g/mol. The van der Waals surface area contributed by atoms with Crippen LogP contribution in [0.3, 0.4) is 0 Å². The number of nitrogens with two attached hydrogens (primary N) is 1. The SMILES string of the molecule is NCC1(CNC(=O)C2CCC(F)(F)CC2)CC1. The smallest absolute Gasteiger partial charge is 0.248 e. The van der Waals surface area contributed by atoms with E-state index in [-0.39, 0.29) is 30.1 Å². The van der Waals surface area contributed by atoms with E-state index in [2.05, 4.69) is 5.32 Å². The molecule has 0 saturated heterocycles. The largest absolute Gasteiger partial charge is 0.355 e. The summed E-state index contributed by atoms with van der Waals surface area (Å²) in [6.45, 7) is 1.20. The second kappa shape index (κ2) is 4.52. The molecule has 0 spiro atoms. The Morgan fingerprint density at radius 2 is 1.82 bits per heavy atom. The van der Waals surface area contributed by atoms with Gasteiger partial charge in [-0.1, -0.05) is 0 Å². The Balaban J connectivity index is 1.74. The lowest BCUT2D eigenvalue weighted by molar-refractivity contribution is -0.129. The third-order valence-electron chi connectivity index (χ3n) is 4.12. The van der Waals surface area contributed by atoms with Crippen LogP contribution in [0.15, 0.2) is 0 Å². The van der Waals surface area contributed by atoms with Crippen molar-refractivity contribution in [3.63, 3.8) is 0 Å². The van der Waals surface area contributed by atoms with Crippen molar-refractivity contribution < 1.29 is 13.6 Å². The molecule has 0 aromatic carbocycles. The highest BCUT2D eigenvalue weighted by Crippen LogP contribution is 2.44. The number of hydrogen-bond acceptors (Lipinski definition) is 2. The molecule has 0 aromatic heterocycles. The molecule has 2 aliphatic rings. The number of nitrogens with one attached hydrogen (secondary N) is 1. The van der Waals surface area contributed by atoms with Gasteiger partial charge in [0, 0.05) is 25.3 Å². The van der Waals surface area contributed by atoms with Gasteiger partial charge in [-0.15, -0.1) is 0 Å². The predicted octanol–water partition coefficient (Wildman–Crippen LogP) is 1.67. The Labute approximate surface area is 100 Å². The molecule has 0 radical (unpaired) electrons. The van der Waals surface area contributed by atoms with Gasteiger partial charge in [-0.05, 0) is 37.6 Å². The van der Waals surface area contributed by atoms with Crippen LogP contribution in [0.2, 0.25) is 0 Å². The van der Waals surface area contributed by atoms with Crippen molar-refractivity contribution in [2.75, 3.05) is 13.1 Å². The van der Waals surface area contributed by atoms with Crippen LogP contribution < -0.4 is 11.1 Å². The van der Waals surface area contributed by atoms with E-state index >= 15 is 0 Å². The van der Waals surface area contributed by atoms with Gasteiger partial charge in [-0.25, -0.2) is 8.78 Å². The Morgan fingerprint density at radius 3 is 2.29 bits per heavy atom. The molecule has 2 fully saturated rings. The van der Waals surface area contributed by atoms with Crippen molar-refractivity contribution in [1.29, 1.82) is 0 Å². The molecule has 17 heavy (non-hydrogen) atoms. The third kappa shape index (κ3) is 3.15. The second-order valence-corrected chi connectivity index (χ2v) is 5.55. The van der Waals surface area contributed by atoms with Crippen LogP contribution in [0.4, 0.5) is 8.78 Å². The van der Waals surface area contributed by atoms with Gasteiger partial charge in [-0.3, -0.25) is 4.79 Å². The molecule has 0 heterocycles. The van der Waals surface area contributed by atoms with Crippen molar-refractivity contribution in [1.82, 2.24) is 5.32 Å². The molecule has 3 N–H and O–H groups in total. The Kier molecular flexibility index (Phi) is 3.39. The number of rotatable bonds is 4. The quantitative estimate of drug-likeness (QED) is 0.792. The number of carbonyl (C=O) groups excluding carboxylic acids is 1. The molecule has 0 aliphatic heterocycles. The van der Waals surface area contributed by atoms with Gasteiger partial charge < -0.3 is 11.1 Å². The van der Waals surface area contributed by atoms with Crippen LogP contribution in [-0.4, -0.2) is 24.9 Å². The molecule has 0 atom stereocenters. The summed E-state index contributed by atoms with van der Waals surface area (Å²) in [6.07, 6.45) is 2.40. The summed E-state index contributed by atoms with van der Waals surface area (Å²) < 4.78 is 25.9. The molecule has 0 unspecified atom stereocenters. The van der Waals surface area contributed by atoms with E-state index in [4.69, 9.17) is 5.73 Å². The summed E-state index contributed by atoms with van der Waals surface area (Å²) in [5, 5.41) is 2.87. The van der Waals surface area contributed by atoms with Gasteiger partial charge in [0.05, 0.1) is 0 Å². The van der Waals surface area contributed by atoms with Gasteiger partial charge in [0.25, 0.3) is 0 Å². The zero-order chi connectivity index (χ0) is 12.5. The van der Waals surface area contributed by atoms with E-state index in [1.807, 2.05) is 0 Å².